The number of fused-ring (bicyclic) bond motifs is 1. The summed E-state index contributed by atoms with van der Waals surface area (Å²) in [6.07, 6.45) is 0.104. The van der Waals surface area contributed by atoms with Crippen LogP contribution in [0, 0.1) is 19.7 Å². The molecule has 1 atom stereocenters. The predicted octanol–water partition coefficient (Wildman–Crippen LogP) is 3.94. The lowest BCUT2D eigenvalue weighted by molar-refractivity contribution is 0.191. The minimum absolute atomic E-state index is 0.162. The van der Waals surface area contributed by atoms with E-state index in [1.807, 2.05) is 6.92 Å². The first-order valence-corrected chi connectivity index (χ1v) is 7.97. The van der Waals surface area contributed by atoms with Gasteiger partial charge in [0, 0.05) is 23.4 Å². The van der Waals surface area contributed by atoms with Gasteiger partial charge in [0.25, 0.3) is 0 Å². The smallest absolute Gasteiger partial charge is 0.405 e. The minimum atomic E-state index is -1.19. The Balaban J connectivity index is 2.33. The van der Waals surface area contributed by atoms with Gasteiger partial charge in [0.15, 0.2) is 11.2 Å². The summed E-state index contributed by atoms with van der Waals surface area (Å²) in [7, 11) is 0. The van der Waals surface area contributed by atoms with E-state index in [-0.39, 0.29) is 22.5 Å². The van der Waals surface area contributed by atoms with Crippen LogP contribution in [0.15, 0.2) is 39.7 Å². The topological polar surface area (TPSA) is 92.4 Å². The third kappa shape index (κ3) is 3.15. The molecule has 1 aromatic carbocycles. The SMILES string of the molecule is Cc1cc([C@@H](C)NC(=O)O)c2oc(-c3cc(F)ccn3)c(C)c(=O)c2c1. The summed E-state index contributed by atoms with van der Waals surface area (Å²) < 4.78 is 19.5. The van der Waals surface area contributed by atoms with Crippen molar-refractivity contribution in [3.8, 4) is 11.5 Å². The van der Waals surface area contributed by atoms with Gasteiger partial charge < -0.3 is 14.8 Å². The maximum atomic E-state index is 13.6. The van der Waals surface area contributed by atoms with Crippen molar-refractivity contribution in [1.29, 1.82) is 0 Å². The number of aromatic nitrogens is 1. The molecule has 0 aliphatic heterocycles. The van der Waals surface area contributed by atoms with Gasteiger partial charge >= 0.3 is 6.09 Å². The highest BCUT2D eigenvalue weighted by atomic mass is 19.1. The molecule has 0 aliphatic carbocycles. The maximum Gasteiger partial charge on any atom is 0.405 e. The fourth-order valence-electron chi connectivity index (χ4n) is 2.93. The van der Waals surface area contributed by atoms with Gasteiger partial charge in [-0.3, -0.25) is 9.78 Å². The molecule has 1 amide bonds. The first-order chi connectivity index (χ1) is 12.3. The van der Waals surface area contributed by atoms with Crippen LogP contribution in [-0.4, -0.2) is 16.2 Å². The number of carboxylic acid groups (broad SMARTS) is 1. The van der Waals surface area contributed by atoms with E-state index in [9.17, 15) is 14.0 Å². The van der Waals surface area contributed by atoms with Crippen LogP contribution in [0.4, 0.5) is 9.18 Å². The van der Waals surface area contributed by atoms with Crippen molar-refractivity contribution in [2.45, 2.75) is 26.8 Å². The molecule has 2 aromatic heterocycles. The second-order valence-electron chi connectivity index (χ2n) is 6.15. The fourth-order valence-corrected chi connectivity index (χ4v) is 2.93. The molecule has 0 saturated carbocycles. The minimum Gasteiger partial charge on any atom is -0.465 e. The van der Waals surface area contributed by atoms with E-state index >= 15 is 0 Å². The highest BCUT2D eigenvalue weighted by molar-refractivity contribution is 5.84. The van der Waals surface area contributed by atoms with Crippen molar-refractivity contribution in [2.75, 3.05) is 0 Å². The molecule has 2 N–H and O–H groups in total. The number of benzene rings is 1. The number of pyridine rings is 1. The zero-order valence-corrected chi connectivity index (χ0v) is 14.5. The lowest BCUT2D eigenvalue weighted by Gasteiger charge is -2.16. The molecule has 3 rings (SSSR count). The Morgan fingerprint density at radius 3 is 2.69 bits per heavy atom. The molecule has 0 unspecified atom stereocenters. The van der Waals surface area contributed by atoms with Crippen LogP contribution >= 0.6 is 0 Å². The molecule has 2 heterocycles. The second kappa shape index (κ2) is 6.59. The Kier molecular flexibility index (Phi) is 4.46. The Bertz CT molecular complexity index is 1080. The normalized spacial score (nSPS) is 12.2. The molecule has 0 aliphatic rings. The molecule has 134 valence electrons. The number of nitrogens with one attached hydrogen (secondary N) is 1. The van der Waals surface area contributed by atoms with Gasteiger partial charge in [-0.05, 0) is 38.5 Å². The number of nitrogens with zero attached hydrogens (tertiary/aromatic N) is 1. The Labute approximate surface area is 148 Å². The number of carbonyl (C=O) groups is 1. The van der Waals surface area contributed by atoms with Gasteiger partial charge in [-0.15, -0.1) is 0 Å². The molecule has 0 fully saturated rings. The summed E-state index contributed by atoms with van der Waals surface area (Å²) in [5.41, 5.74) is 1.83. The number of rotatable bonds is 3. The highest BCUT2D eigenvalue weighted by Crippen LogP contribution is 2.30. The summed E-state index contributed by atoms with van der Waals surface area (Å²) in [5.74, 6) is -0.336. The number of aryl methyl sites for hydroxylation is 1. The van der Waals surface area contributed by atoms with E-state index in [0.717, 1.165) is 5.56 Å². The molecule has 0 bridgehead atoms. The van der Waals surface area contributed by atoms with E-state index in [1.165, 1.54) is 18.3 Å². The Hall–Kier alpha value is -3.22. The highest BCUT2D eigenvalue weighted by Gasteiger charge is 2.20. The Morgan fingerprint density at radius 1 is 1.31 bits per heavy atom. The van der Waals surface area contributed by atoms with Crippen molar-refractivity contribution in [3.63, 3.8) is 0 Å². The molecule has 3 aromatic rings. The fraction of sp³-hybridized carbons (Fsp3) is 0.211. The maximum absolute atomic E-state index is 13.6. The first kappa shape index (κ1) is 17.6. The van der Waals surface area contributed by atoms with Gasteiger partial charge in [-0.1, -0.05) is 6.07 Å². The molecular formula is C19H17FN2O4. The second-order valence-corrected chi connectivity index (χ2v) is 6.15. The summed E-state index contributed by atoms with van der Waals surface area (Å²) >= 11 is 0. The standard InChI is InChI=1S/C19H17FN2O4/c1-9-6-13(11(3)22-19(24)25)18-14(7-9)16(23)10(2)17(26-18)15-8-12(20)4-5-21-15/h4-8,11,22H,1-3H3,(H,24,25)/t11-/m1/s1. The van der Waals surface area contributed by atoms with Crippen molar-refractivity contribution >= 4 is 17.1 Å². The first-order valence-electron chi connectivity index (χ1n) is 7.97. The van der Waals surface area contributed by atoms with E-state index in [4.69, 9.17) is 9.52 Å². The van der Waals surface area contributed by atoms with E-state index < -0.39 is 18.0 Å². The molecule has 6 nitrogen and oxygen atoms in total. The largest absolute Gasteiger partial charge is 0.465 e. The molecular weight excluding hydrogens is 339 g/mol. The van der Waals surface area contributed by atoms with Crippen LogP contribution in [-0.2, 0) is 0 Å². The molecule has 0 spiro atoms. The van der Waals surface area contributed by atoms with Crippen LogP contribution in [0.3, 0.4) is 0 Å². The predicted molar refractivity (Wildman–Crippen MR) is 94.7 cm³/mol. The van der Waals surface area contributed by atoms with Crippen molar-refractivity contribution in [2.24, 2.45) is 0 Å². The van der Waals surface area contributed by atoms with Crippen LogP contribution < -0.4 is 10.7 Å². The van der Waals surface area contributed by atoms with Crippen LogP contribution in [0.1, 0.15) is 29.7 Å². The number of hydrogen-bond donors (Lipinski definition) is 2. The zero-order valence-electron chi connectivity index (χ0n) is 14.5. The van der Waals surface area contributed by atoms with Gasteiger partial charge in [-0.25, -0.2) is 9.18 Å². The summed E-state index contributed by atoms with van der Waals surface area (Å²) in [5, 5.41) is 11.7. The van der Waals surface area contributed by atoms with Crippen LogP contribution in [0.5, 0.6) is 0 Å². The van der Waals surface area contributed by atoms with Crippen molar-refractivity contribution < 1.29 is 18.7 Å². The molecule has 26 heavy (non-hydrogen) atoms. The summed E-state index contributed by atoms with van der Waals surface area (Å²) in [6.45, 7) is 5.06. The monoisotopic (exact) mass is 356 g/mol. The van der Waals surface area contributed by atoms with E-state index in [0.29, 0.717) is 16.5 Å². The lowest BCUT2D eigenvalue weighted by atomic mass is 10.00. The van der Waals surface area contributed by atoms with Gasteiger partial charge in [-0.2, -0.15) is 0 Å². The Morgan fingerprint density at radius 2 is 2.04 bits per heavy atom. The average Bonchev–Trinajstić information content (AvgIpc) is 2.57. The molecule has 0 saturated heterocycles. The lowest BCUT2D eigenvalue weighted by Crippen LogP contribution is -2.25. The van der Waals surface area contributed by atoms with Gasteiger partial charge in [0.1, 0.15) is 17.1 Å². The third-order valence-electron chi connectivity index (χ3n) is 4.15. The van der Waals surface area contributed by atoms with Gasteiger partial charge in [0.05, 0.1) is 11.4 Å². The summed E-state index contributed by atoms with van der Waals surface area (Å²) in [4.78, 5) is 27.9. The van der Waals surface area contributed by atoms with Crippen LogP contribution in [0.2, 0.25) is 0 Å². The summed E-state index contributed by atoms with van der Waals surface area (Å²) in [6, 6.07) is 5.22. The van der Waals surface area contributed by atoms with Crippen molar-refractivity contribution in [3.05, 3.63) is 63.2 Å². The third-order valence-corrected chi connectivity index (χ3v) is 4.15. The quantitative estimate of drug-likeness (QED) is 0.741. The average molecular weight is 356 g/mol. The van der Waals surface area contributed by atoms with E-state index in [2.05, 4.69) is 10.3 Å². The molecule has 7 heteroatoms. The van der Waals surface area contributed by atoms with E-state index in [1.54, 1.807) is 26.0 Å². The number of halogens is 1. The van der Waals surface area contributed by atoms with Gasteiger partial charge in [0.2, 0.25) is 0 Å². The van der Waals surface area contributed by atoms with Crippen molar-refractivity contribution in [1.82, 2.24) is 10.3 Å². The number of hydrogen-bond acceptors (Lipinski definition) is 4. The molecule has 0 radical (unpaired) electrons. The number of amides is 1. The zero-order chi connectivity index (χ0) is 19.0. The van der Waals surface area contributed by atoms with Crippen LogP contribution in [0.25, 0.3) is 22.4 Å².